The van der Waals surface area contributed by atoms with Crippen molar-refractivity contribution in [2.24, 2.45) is 35.0 Å². The largest absolute Gasteiger partial charge is 0.356 e. The summed E-state index contributed by atoms with van der Waals surface area (Å²) in [6, 6.07) is 6.13. The first-order valence-electron chi connectivity index (χ1n) is 12.9. The van der Waals surface area contributed by atoms with E-state index in [0.717, 1.165) is 30.7 Å². The standard InChI is InChI=1S/C25H36N2O2S.C2H6/c1-3-4-7-19-17-13-14-25(2)20(18(17)9-12-22(19)27-16-28)10-11-21(25)24(29)30-23-8-5-6-15-26-23;1-2/h5-6,8,15-22H,3-4,7,9-14H2,1-2H3,(H,27,28);1-2H3. The van der Waals surface area contributed by atoms with Crippen LogP contribution in [-0.2, 0) is 9.59 Å². The van der Waals surface area contributed by atoms with Gasteiger partial charge in [-0.05, 0) is 97.9 Å². The number of carbonyl (C=O) groups excluding carboxylic acids is 2. The molecule has 0 saturated heterocycles. The van der Waals surface area contributed by atoms with Crippen molar-refractivity contribution in [2.75, 3.05) is 0 Å². The maximum atomic E-state index is 13.3. The van der Waals surface area contributed by atoms with E-state index < -0.39 is 0 Å². The zero-order chi connectivity index (χ0) is 23.1. The fraction of sp³-hybridized carbons (Fsp3) is 0.741. The summed E-state index contributed by atoms with van der Waals surface area (Å²) >= 11 is 1.34. The minimum Gasteiger partial charge on any atom is -0.356 e. The molecule has 4 rings (SSSR count). The van der Waals surface area contributed by atoms with Gasteiger partial charge in [0.2, 0.25) is 6.41 Å². The molecular weight excluding hydrogens is 416 g/mol. The van der Waals surface area contributed by atoms with Crippen molar-refractivity contribution < 1.29 is 9.59 Å². The van der Waals surface area contributed by atoms with E-state index in [1.54, 1.807) is 6.20 Å². The Bertz CT molecular complexity index is 742. The first-order valence-corrected chi connectivity index (χ1v) is 13.7. The van der Waals surface area contributed by atoms with E-state index in [2.05, 4.69) is 24.1 Å². The van der Waals surface area contributed by atoms with Crippen molar-refractivity contribution in [1.29, 1.82) is 0 Å². The summed E-state index contributed by atoms with van der Waals surface area (Å²) in [7, 11) is 0. The van der Waals surface area contributed by atoms with Gasteiger partial charge in [0.1, 0.15) is 5.03 Å². The van der Waals surface area contributed by atoms with Crippen molar-refractivity contribution in [1.82, 2.24) is 10.3 Å². The molecule has 7 unspecified atom stereocenters. The minimum atomic E-state index is 0.125. The number of thioether (sulfide) groups is 1. The molecule has 0 aromatic carbocycles. The Kier molecular flexibility index (Phi) is 9.22. The Labute approximate surface area is 199 Å². The molecule has 3 saturated carbocycles. The zero-order valence-corrected chi connectivity index (χ0v) is 21.2. The third-order valence-electron chi connectivity index (χ3n) is 8.67. The van der Waals surface area contributed by atoms with Gasteiger partial charge in [-0.2, -0.15) is 0 Å². The third kappa shape index (κ3) is 5.08. The van der Waals surface area contributed by atoms with E-state index >= 15 is 0 Å². The number of nitrogens with zero attached hydrogens (tertiary/aromatic N) is 1. The minimum absolute atomic E-state index is 0.125. The SMILES string of the molecule is CC.CCCCC1C(NC=O)CCC2C1CCC1(C)C(C(=O)Sc3ccccn3)CCC21. The first kappa shape index (κ1) is 25.3. The predicted octanol–water partition coefficient (Wildman–Crippen LogP) is 6.50. The van der Waals surface area contributed by atoms with Gasteiger partial charge in [-0.1, -0.05) is 46.6 Å². The van der Waals surface area contributed by atoms with E-state index in [1.165, 1.54) is 50.3 Å². The van der Waals surface area contributed by atoms with Crippen LogP contribution in [0.2, 0.25) is 0 Å². The van der Waals surface area contributed by atoms with Crippen LogP contribution in [0.4, 0.5) is 0 Å². The van der Waals surface area contributed by atoms with Crippen molar-refractivity contribution in [3.63, 3.8) is 0 Å². The highest BCUT2D eigenvalue weighted by atomic mass is 32.2. The first-order chi connectivity index (χ1) is 15.6. The maximum Gasteiger partial charge on any atom is 0.207 e. The number of hydrogen-bond acceptors (Lipinski definition) is 4. The lowest BCUT2D eigenvalue weighted by Gasteiger charge is -2.54. The fourth-order valence-electron chi connectivity index (χ4n) is 7.27. The number of unbranched alkanes of at least 4 members (excludes halogenated alkanes) is 1. The summed E-state index contributed by atoms with van der Waals surface area (Å²) in [4.78, 5) is 28.8. The number of amides is 1. The molecule has 0 spiro atoms. The lowest BCUT2D eigenvalue weighted by atomic mass is 9.52. The topological polar surface area (TPSA) is 59.1 Å². The smallest absolute Gasteiger partial charge is 0.207 e. The Morgan fingerprint density at radius 1 is 1.19 bits per heavy atom. The number of aromatic nitrogens is 1. The van der Waals surface area contributed by atoms with E-state index in [0.29, 0.717) is 34.8 Å². The van der Waals surface area contributed by atoms with Gasteiger partial charge in [0.15, 0.2) is 5.12 Å². The molecule has 1 amide bonds. The molecule has 4 nitrogen and oxygen atoms in total. The summed E-state index contributed by atoms with van der Waals surface area (Å²) in [6.45, 7) is 8.66. The second-order valence-corrected chi connectivity index (χ2v) is 11.0. The van der Waals surface area contributed by atoms with Crippen LogP contribution in [0.25, 0.3) is 0 Å². The van der Waals surface area contributed by atoms with Crippen LogP contribution in [0.15, 0.2) is 29.4 Å². The van der Waals surface area contributed by atoms with Crippen molar-refractivity contribution in [3.8, 4) is 0 Å². The summed E-state index contributed by atoms with van der Waals surface area (Å²) < 4.78 is 0. The number of carbonyl (C=O) groups is 2. The lowest BCUT2D eigenvalue weighted by molar-refractivity contribution is -0.121. The van der Waals surface area contributed by atoms with Gasteiger partial charge in [0.25, 0.3) is 0 Å². The molecule has 0 bridgehead atoms. The number of rotatable bonds is 7. The average Bonchev–Trinajstić information content (AvgIpc) is 3.18. The Morgan fingerprint density at radius 3 is 2.69 bits per heavy atom. The summed E-state index contributed by atoms with van der Waals surface area (Å²) in [5.41, 5.74) is 0.125. The monoisotopic (exact) mass is 458 g/mol. The third-order valence-corrected chi connectivity index (χ3v) is 9.61. The molecule has 3 fully saturated rings. The highest BCUT2D eigenvalue weighted by Crippen LogP contribution is 2.63. The highest BCUT2D eigenvalue weighted by Gasteiger charge is 2.58. The number of hydrogen-bond donors (Lipinski definition) is 1. The molecule has 3 aliphatic carbocycles. The molecule has 0 aliphatic heterocycles. The van der Waals surface area contributed by atoms with Crippen LogP contribution >= 0.6 is 11.8 Å². The second kappa shape index (κ2) is 11.7. The number of pyridine rings is 1. The lowest BCUT2D eigenvalue weighted by Crippen LogP contribution is -2.52. The molecule has 7 atom stereocenters. The highest BCUT2D eigenvalue weighted by molar-refractivity contribution is 8.13. The van der Waals surface area contributed by atoms with Crippen molar-refractivity contribution in [3.05, 3.63) is 24.4 Å². The fourth-order valence-corrected chi connectivity index (χ4v) is 8.26. The Balaban J connectivity index is 0.00000141. The van der Waals surface area contributed by atoms with Gasteiger partial charge in [-0.3, -0.25) is 9.59 Å². The molecule has 1 aromatic rings. The Morgan fingerprint density at radius 2 is 2.00 bits per heavy atom. The average molecular weight is 459 g/mol. The van der Waals surface area contributed by atoms with Gasteiger partial charge in [0.05, 0.1) is 0 Å². The molecule has 1 N–H and O–H groups in total. The molecule has 5 heteroatoms. The quantitative estimate of drug-likeness (QED) is 0.374. The van der Waals surface area contributed by atoms with Gasteiger partial charge in [-0.15, -0.1) is 0 Å². The normalized spacial score (nSPS) is 35.6. The van der Waals surface area contributed by atoms with Gasteiger partial charge in [0, 0.05) is 18.2 Å². The van der Waals surface area contributed by atoms with Crippen LogP contribution in [-0.4, -0.2) is 22.6 Å². The number of fused-ring (bicyclic) bond motifs is 3. The van der Waals surface area contributed by atoms with Gasteiger partial charge >= 0.3 is 0 Å². The van der Waals surface area contributed by atoms with Gasteiger partial charge in [-0.25, -0.2) is 4.98 Å². The van der Waals surface area contributed by atoms with Crippen LogP contribution in [0.1, 0.15) is 85.5 Å². The van der Waals surface area contributed by atoms with Crippen LogP contribution < -0.4 is 5.32 Å². The van der Waals surface area contributed by atoms with Crippen molar-refractivity contribution in [2.45, 2.75) is 96.6 Å². The van der Waals surface area contributed by atoms with E-state index in [-0.39, 0.29) is 11.3 Å². The van der Waals surface area contributed by atoms with E-state index in [9.17, 15) is 9.59 Å². The van der Waals surface area contributed by atoms with Crippen LogP contribution in [0.3, 0.4) is 0 Å². The molecule has 3 aliphatic rings. The van der Waals surface area contributed by atoms with Crippen LogP contribution in [0, 0.1) is 35.0 Å². The number of nitrogens with one attached hydrogen (secondary N) is 1. The predicted molar refractivity (Wildman–Crippen MR) is 132 cm³/mol. The molecule has 1 aromatic heterocycles. The van der Waals surface area contributed by atoms with E-state index in [4.69, 9.17) is 0 Å². The molecule has 178 valence electrons. The summed E-state index contributed by atoms with van der Waals surface area (Å²) in [5.74, 6) is 2.83. The maximum absolute atomic E-state index is 13.3. The van der Waals surface area contributed by atoms with Crippen LogP contribution in [0.5, 0.6) is 0 Å². The zero-order valence-electron chi connectivity index (χ0n) is 20.4. The molecular formula is C27H42N2O2S. The molecule has 0 radical (unpaired) electrons. The van der Waals surface area contributed by atoms with E-state index in [1.807, 2.05) is 32.0 Å². The van der Waals surface area contributed by atoms with Crippen molar-refractivity contribution >= 4 is 23.3 Å². The summed E-state index contributed by atoms with van der Waals surface area (Å²) in [5, 5.41) is 4.29. The Hall–Kier alpha value is -1.36. The second-order valence-electron chi connectivity index (χ2n) is 9.97. The summed E-state index contributed by atoms with van der Waals surface area (Å²) in [6.07, 6.45) is 13.2. The van der Waals surface area contributed by atoms with Gasteiger partial charge < -0.3 is 5.32 Å². The molecule has 1 heterocycles. The molecule has 32 heavy (non-hydrogen) atoms.